The van der Waals surface area contributed by atoms with E-state index in [1.807, 2.05) is 61.5 Å². The van der Waals surface area contributed by atoms with Crippen molar-refractivity contribution in [2.75, 3.05) is 11.5 Å². The molecular weight excluding hydrogens is 444 g/mol. The summed E-state index contributed by atoms with van der Waals surface area (Å²) < 4.78 is 5.16. The van der Waals surface area contributed by atoms with Gasteiger partial charge in [0.05, 0.1) is 6.04 Å². The van der Waals surface area contributed by atoms with Gasteiger partial charge in [0.15, 0.2) is 6.61 Å². The molecule has 180 valence electrons. The summed E-state index contributed by atoms with van der Waals surface area (Å²) in [6, 6.07) is 23.7. The summed E-state index contributed by atoms with van der Waals surface area (Å²) in [6.45, 7) is 1.53. The first-order chi connectivity index (χ1) is 16.9. The van der Waals surface area contributed by atoms with E-state index in [4.69, 9.17) is 9.84 Å². The van der Waals surface area contributed by atoms with Crippen molar-refractivity contribution in [3.8, 4) is 5.75 Å². The number of ether oxygens (including phenoxy) is 1. The van der Waals surface area contributed by atoms with Crippen molar-refractivity contribution in [3.05, 3.63) is 95.6 Å². The zero-order valence-corrected chi connectivity index (χ0v) is 19.5. The van der Waals surface area contributed by atoms with E-state index in [-0.39, 0.29) is 23.9 Å². The monoisotopic (exact) mass is 472 g/mol. The third-order valence-electron chi connectivity index (χ3n) is 6.09. The molecule has 0 aromatic heterocycles. The molecule has 1 heterocycles. The molecule has 2 N–H and O–H groups in total. The van der Waals surface area contributed by atoms with Crippen molar-refractivity contribution in [1.29, 1.82) is 0 Å². The van der Waals surface area contributed by atoms with Crippen molar-refractivity contribution in [2.45, 2.75) is 38.3 Å². The molecule has 0 saturated heterocycles. The molecule has 2 amide bonds. The number of carbonyl (C=O) groups excluding carboxylic acids is 2. The molecule has 4 rings (SSSR count). The number of aryl methyl sites for hydroxylation is 1. The standard InChI is InChI=1S/C28H28N2O5/c1-19-17-24(29-26(31)16-11-20-7-3-2-4-8-20)23-9-5-6-10-25(23)30(19)28(34)21-12-14-22(15-13-21)35-18-27(32)33/h2-10,12-15,19,24H,11,16-18H2,1H3,(H,29,31)(H,32,33)/t19-,24+/m0/s1. The van der Waals surface area contributed by atoms with Gasteiger partial charge in [0.2, 0.25) is 5.91 Å². The summed E-state index contributed by atoms with van der Waals surface area (Å²) in [4.78, 5) is 38.6. The minimum atomic E-state index is -1.06. The Morgan fingerprint density at radius 1 is 0.971 bits per heavy atom. The largest absolute Gasteiger partial charge is 0.482 e. The van der Waals surface area contributed by atoms with Gasteiger partial charge in [0.25, 0.3) is 5.91 Å². The average Bonchev–Trinajstić information content (AvgIpc) is 2.87. The number of carbonyl (C=O) groups is 3. The van der Waals surface area contributed by atoms with Gasteiger partial charge >= 0.3 is 5.97 Å². The van der Waals surface area contributed by atoms with E-state index in [1.54, 1.807) is 29.2 Å². The molecular formula is C28H28N2O5. The van der Waals surface area contributed by atoms with Crippen LogP contribution in [0.3, 0.4) is 0 Å². The van der Waals surface area contributed by atoms with E-state index in [0.29, 0.717) is 30.6 Å². The zero-order valence-electron chi connectivity index (χ0n) is 19.5. The maximum Gasteiger partial charge on any atom is 0.341 e. The number of fused-ring (bicyclic) bond motifs is 1. The molecule has 0 aliphatic carbocycles. The number of carboxylic acids is 1. The lowest BCUT2D eigenvalue weighted by Crippen LogP contribution is -2.46. The Morgan fingerprint density at radius 2 is 1.66 bits per heavy atom. The fourth-order valence-corrected chi connectivity index (χ4v) is 4.41. The highest BCUT2D eigenvalue weighted by Crippen LogP contribution is 2.38. The molecule has 2 atom stereocenters. The minimum absolute atomic E-state index is 0.0161. The van der Waals surface area contributed by atoms with Gasteiger partial charge in [-0.05, 0) is 61.2 Å². The maximum absolute atomic E-state index is 13.4. The van der Waals surface area contributed by atoms with E-state index in [0.717, 1.165) is 16.8 Å². The highest BCUT2D eigenvalue weighted by atomic mass is 16.5. The highest BCUT2D eigenvalue weighted by molar-refractivity contribution is 6.07. The van der Waals surface area contributed by atoms with Crippen molar-refractivity contribution < 1.29 is 24.2 Å². The van der Waals surface area contributed by atoms with Crippen molar-refractivity contribution in [3.63, 3.8) is 0 Å². The van der Waals surface area contributed by atoms with Gasteiger partial charge < -0.3 is 20.1 Å². The van der Waals surface area contributed by atoms with E-state index >= 15 is 0 Å². The van der Waals surface area contributed by atoms with Crippen LogP contribution in [-0.2, 0) is 16.0 Å². The van der Waals surface area contributed by atoms with Gasteiger partial charge in [-0.15, -0.1) is 0 Å². The van der Waals surface area contributed by atoms with Crippen LogP contribution in [0.25, 0.3) is 0 Å². The molecule has 35 heavy (non-hydrogen) atoms. The smallest absolute Gasteiger partial charge is 0.341 e. The van der Waals surface area contributed by atoms with Crippen LogP contribution in [-0.4, -0.2) is 35.5 Å². The predicted molar refractivity (Wildman–Crippen MR) is 133 cm³/mol. The Hall–Kier alpha value is -4.13. The molecule has 3 aromatic carbocycles. The number of nitrogens with one attached hydrogen (secondary N) is 1. The quantitative estimate of drug-likeness (QED) is 0.507. The summed E-state index contributed by atoms with van der Waals surface area (Å²) in [5, 5.41) is 11.9. The lowest BCUT2D eigenvalue weighted by Gasteiger charge is -2.39. The number of rotatable bonds is 8. The van der Waals surface area contributed by atoms with Crippen LogP contribution >= 0.6 is 0 Å². The normalized spacial score (nSPS) is 16.8. The second-order valence-electron chi connectivity index (χ2n) is 8.63. The molecule has 7 heteroatoms. The fraction of sp³-hybridized carbons (Fsp3) is 0.250. The molecule has 0 saturated carbocycles. The number of hydrogen-bond donors (Lipinski definition) is 2. The average molecular weight is 473 g/mol. The summed E-state index contributed by atoms with van der Waals surface area (Å²) in [6.07, 6.45) is 1.67. The van der Waals surface area contributed by atoms with Gasteiger partial charge in [0, 0.05) is 23.7 Å². The summed E-state index contributed by atoms with van der Waals surface area (Å²) >= 11 is 0. The summed E-state index contributed by atoms with van der Waals surface area (Å²) in [5.74, 6) is -0.860. The van der Waals surface area contributed by atoms with E-state index in [1.165, 1.54) is 0 Å². The van der Waals surface area contributed by atoms with Gasteiger partial charge in [-0.25, -0.2) is 4.79 Å². The van der Waals surface area contributed by atoms with Gasteiger partial charge in [-0.1, -0.05) is 48.5 Å². The Labute approximate surface area is 204 Å². The molecule has 1 aliphatic heterocycles. The molecule has 1 aliphatic rings. The van der Waals surface area contributed by atoms with Crippen LogP contribution in [0.5, 0.6) is 5.75 Å². The van der Waals surface area contributed by atoms with Crippen molar-refractivity contribution in [1.82, 2.24) is 5.32 Å². The van der Waals surface area contributed by atoms with Crippen LogP contribution in [0, 0.1) is 0 Å². The van der Waals surface area contributed by atoms with Crippen LogP contribution in [0.15, 0.2) is 78.9 Å². The molecule has 0 radical (unpaired) electrons. The van der Waals surface area contributed by atoms with Gasteiger partial charge in [0.1, 0.15) is 5.75 Å². The number of carboxylic acid groups (broad SMARTS) is 1. The van der Waals surface area contributed by atoms with Gasteiger partial charge in [-0.2, -0.15) is 0 Å². The molecule has 0 bridgehead atoms. The minimum Gasteiger partial charge on any atom is -0.482 e. The third kappa shape index (κ3) is 5.87. The van der Waals surface area contributed by atoms with Crippen LogP contribution in [0.2, 0.25) is 0 Å². The Balaban J connectivity index is 1.47. The fourth-order valence-electron chi connectivity index (χ4n) is 4.41. The number of para-hydroxylation sites is 1. The number of hydrogen-bond acceptors (Lipinski definition) is 4. The molecule has 0 spiro atoms. The molecule has 7 nitrogen and oxygen atoms in total. The SMILES string of the molecule is C[C@H]1C[C@@H](NC(=O)CCc2ccccc2)c2ccccc2N1C(=O)c1ccc(OCC(=O)O)cc1. The number of benzene rings is 3. The van der Waals surface area contributed by atoms with E-state index in [9.17, 15) is 14.4 Å². The van der Waals surface area contributed by atoms with Crippen molar-refractivity contribution in [2.24, 2.45) is 0 Å². The maximum atomic E-state index is 13.4. The number of aliphatic carboxylic acids is 1. The van der Waals surface area contributed by atoms with Crippen molar-refractivity contribution >= 4 is 23.5 Å². The lowest BCUT2D eigenvalue weighted by molar-refractivity contribution is -0.139. The number of nitrogens with zero attached hydrogens (tertiary/aromatic N) is 1. The second kappa shape index (κ2) is 10.9. The first kappa shape index (κ1) is 24.0. The number of amides is 2. The van der Waals surface area contributed by atoms with Crippen LogP contribution in [0.4, 0.5) is 5.69 Å². The third-order valence-corrected chi connectivity index (χ3v) is 6.09. The number of anilines is 1. The highest BCUT2D eigenvalue weighted by Gasteiger charge is 2.34. The topological polar surface area (TPSA) is 95.9 Å². The van der Waals surface area contributed by atoms with Crippen LogP contribution < -0.4 is 15.0 Å². The molecule has 3 aromatic rings. The molecule has 0 unspecified atom stereocenters. The van der Waals surface area contributed by atoms with Gasteiger partial charge in [-0.3, -0.25) is 9.59 Å². The first-order valence-electron chi connectivity index (χ1n) is 11.6. The Bertz CT molecular complexity index is 1190. The zero-order chi connectivity index (χ0) is 24.8. The Kier molecular flexibility index (Phi) is 7.45. The van der Waals surface area contributed by atoms with Crippen LogP contribution in [0.1, 0.15) is 47.3 Å². The first-order valence-corrected chi connectivity index (χ1v) is 11.6. The predicted octanol–water partition coefficient (Wildman–Crippen LogP) is 4.38. The lowest BCUT2D eigenvalue weighted by atomic mass is 9.90. The molecule has 0 fully saturated rings. The summed E-state index contributed by atoms with van der Waals surface area (Å²) in [7, 11) is 0. The Morgan fingerprint density at radius 3 is 2.37 bits per heavy atom. The van der Waals surface area contributed by atoms with E-state index in [2.05, 4.69) is 5.32 Å². The summed E-state index contributed by atoms with van der Waals surface area (Å²) in [5.41, 5.74) is 3.28. The second-order valence-corrected chi connectivity index (χ2v) is 8.63. The van der Waals surface area contributed by atoms with E-state index < -0.39 is 12.6 Å².